The summed E-state index contributed by atoms with van der Waals surface area (Å²) >= 11 is 0. The predicted octanol–water partition coefficient (Wildman–Crippen LogP) is 3.33. The van der Waals surface area contributed by atoms with Crippen LogP contribution >= 0.6 is 0 Å². The number of benzene rings is 2. The first-order chi connectivity index (χ1) is 13.2. The number of H-pyrrole nitrogens is 1. The number of nitrogens with zero attached hydrogens (tertiary/aromatic N) is 2. The van der Waals surface area contributed by atoms with Crippen molar-refractivity contribution >= 4 is 16.8 Å². The molecule has 0 bridgehead atoms. The summed E-state index contributed by atoms with van der Waals surface area (Å²) in [5.41, 5.74) is 3.61. The van der Waals surface area contributed by atoms with E-state index in [0.29, 0.717) is 12.2 Å². The van der Waals surface area contributed by atoms with Gasteiger partial charge in [0.05, 0.1) is 12.8 Å². The van der Waals surface area contributed by atoms with Gasteiger partial charge in [-0.15, -0.1) is 0 Å². The molecule has 0 spiro atoms. The summed E-state index contributed by atoms with van der Waals surface area (Å²) in [6.45, 7) is 0.568. The lowest BCUT2D eigenvalue weighted by Crippen LogP contribution is -2.25. The van der Waals surface area contributed by atoms with Crippen LogP contribution in [0.4, 0.5) is 0 Å². The summed E-state index contributed by atoms with van der Waals surface area (Å²) < 4.78 is 7.03. The predicted molar refractivity (Wildman–Crippen MR) is 104 cm³/mol. The molecule has 0 fully saturated rings. The number of fused-ring (bicyclic) bond motifs is 1. The molecule has 0 saturated heterocycles. The van der Waals surface area contributed by atoms with Gasteiger partial charge in [0.25, 0.3) is 5.91 Å². The zero-order valence-electron chi connectivity index (χ0n) is 15.0. The maximum absolute atomic E-state index is 12.4. The van der Waals surface area contributed by atoms with Crippen molar-refractivity contribution in [3.8, 4) is 11.4 Å². The van der Waals surface area contributed by atoms with Crippen LogP contribution in [0.25, 0.3) is 16.6 Å². The summed E-state index contributed by atoms with van der Waals surface area (Å²) in [6.07, 6.45) is 4.42. The van der Waals surface area contributed by atoms with Gasteiger partial charge in [0.1, 0.15) is 11.4 Å². The van der Waals surface area contributed by atoms with E-state index in [1.54, 1.807) is 13.3 Å². The van der Waals surface area contributed by atoms with Crippen LogP contribution in [0, 0.1) is 0 Å². The lowest BCUT2D eigenvalue weighted by molar-refractivity contribution is 0.0950. The van der Waals surface area contributed by atoms with E-state index < -0.39 is 0 Å². The van der Waals surface area contributed by atoms with Gasteiger partial charge in [-0.2, -0.15) is 5.10 Å². The number of hydrogen-bond acceptors (Lipinski definition) is 3. The average Bonchev–Trinajstić information content (AvgIpc) is 3.37. The van der Waals surface area contributed by atoms with E-state index in [1.165, 1.54) is 0 Å². The Labute approximate surface area is 156 Å². The van der Waals surface area contributed by atoms with Crippen LogP contribution in [0.2, 0.25) is 0 Å². The molecule has 0 unspecified atom stereocenters. The summed E-state index contributed by atoms with van der Waals surface area (Å²) in [6, 6.07) is 17.6. The number of amides is 1. The molecule has 27 heavy (non-hydrogen) atoms. The van der Waals surface area contributed by atoms with Crippen molar-refractivity contribution in [2.24, 2.45) is 0 Å². The van der Waals surface area contributed by atoms with Gasteiger partial charge in [-0.05, 0) is 48.4 Å². The van der Waals surface area contributed by atoms with Gasteiger partial charge >= 0.3 is 0 Å². The molecule has 136 valence electrons. The smallest absolute Gasteiger partial charge is 0.267 e. The van der Waals surface area contributed by atoms with Gasteiger partial charge in [-0.1, -0.05) is 12.1 Å². The zero-order chi connectivity index (χ0) is 18.6. The summed E-state index contributed by atoms with van der Waals surface area (Å²) in [7, 11) is 1.62. The van der Waals surface area contributed by atoms with Gasteiger partial charge in [0, 0.05) is 35.9 Å². The highest BCUT2D eigenvalue weighted by atomic mass is 16.5. The maximum Gasteiger partial charge on any atom is 0.267 e. The number of carbonyl (C=O) groups excluding carboxylic acids is 1. The topological polar surface area (TPSA) is 71.9 Å². The Balaban J connectivity index is 1.35. The molecule has 4 rings (SSSR count). The molecule has 2 aromatic heterocycles. The third kappa shape index (κ3) is 3.69. The number of ether oxygens (including phenoxy) is 1. The van der Waals surface area contributed by atoms with E-state index in [1.807, 2.05) is 53.3 Å². The standard InChI is InChI=1S/C21H20N4O2/c1-27-18-8-5-16-13-20(24-19(16)14-18)21(26)22-11-9-15-3-6-17(7-4-15)25-12-2-10-23-25/h2-8,10,12-14,24H,9,11H2,1H3,(H,22,26). The summed E-state index contributed by atoms with van der Waals surface area (Å²) in [4.78, 5) is 15.5. The Morgan fingerprint density at radius 1 is 1.19 bits per heavy atom. The molecule has 0 saturated carbocycles. The van der Waals surface area contributed by atoms with Crippen molar-refractivity contribution < 1.29 is 9.53 Å². The molecule has 4 aromatic rings. The minimum Gasteiger partial charge on any atom is -0.497 e. The molecule has 6 nitrogen and oxygen atoms in total. The van der Waals surface area contributed by atoms with Crippen LogP contribution < -0.4 is 10.1 Å². The van der Waals surface area contributed by atoms with E-state index >= 15 is 0 Å². The molecule has 0 aliphatic heterocycles. The minimum atomic E-state index is -0.113. The third-order valence-electron chi connectivity index (χ3n) is 4.48. The second-order valence-corrected chi connectivity index (χ2v) is 6.26. The maximum atomic E-state index is 12.4. The molecule has 0 aliphatic rings. The molecule has 1 amide bonds. The Bertz CT molecular complexity index is 1050. The molecular formula is C21H20N4O2. The molecule has 2 heterocycles. The highest BCUT2D eigenvalue weighted by Gasteiger charge is 2.09. The van der Waals surface area contributed by atoms with Gasteiger partial charge in [0.2, 0.25) is 0 Å². The fourth-order valence-electron chi connectivity index (χ4n) is 3.01. The lowest BCUT2D eigenvalue weighted by Gasteiger charge is -2.06. The first-order valence-electron chi connectivity index (χ1n) is 8.77. The van der Waals surface area contributed by atoms with E-state index in [2.05, 4.69) is 27.5 Å². The minimum absolute atomic E-state index is 0.113. The summed E-state index contributed by atoms with van der Waals surface area (Å²) in [5.74, 6) is 0.646. The second-order valence-electron chi connectivity index (χ2n) is 6.26. The fraction of sp³-hybridized carbons (Fsp3) is 0.143. The Kier molecular flexibility index (Phi) is 4.61. The highest BCUT2D eigenvalue weighted by Crippen LogP contribution is 2.21. The van der Waals surface area contributed by atoms with Crippen LogP contribution in [-0.2, 0) is 6.42 Å². The lowest BCUT2D eigenvalue weighted by atomic mass is 10.1. The van der Waals surface area contributed by atoms with Gasteiger partial charge in [-0.25, -0.2) is 4.68 Å². The molecule has 0 radical (unpaired) electrons. The number of hydrogen-bond donors (Lipinski definition) is 2. The number of nitrogens with one attached hydrogen (secondary N) is 2. The number of aromatic amines is 1. The van der Waals surface area contributed by atoms with Crippen molar-refractivity contribution in [2.75, 3.05) is 13.7 Å². The monoisotopic (exact) mass is 360 g/mol. The van der Waals surface area contributed by atoms with Crippen LogP contribution in [0.3, 0.4) is 0 Å². The fourth-order valence-corrected chi connectivity index (χ4v) is 3.01. The number of rotatable bonds is 6. The normalized spacial score (nSPS) is 10.9. The third-order valence-corrected chi connectivity index (χ3v) is 4.48. The number of methoxy groups -OCH3 is 1. The van der Waals surface area contributed by atoms with Gasteiger partial charge in [-0.3, -0.25) is 4.79 Å². The molecule has 0 atom stereocenters. The highest BCUT2D eigenvalue weighted by molar-refractivity contribution is 5.98. The first kappa shape index (κ1) is 16.9. The first-order valence-corrected chi connectivity index (χ1v) is 8.77. The van der Waals surface area contributed by atoms with E-state index in [9.17, 15) is 4.79 Å². The SMILES string of the molecule is COc1ccc2cc(C(=O)NCCc3ccc(-n4cccn4)cc3)[nH]c2c1. The molecule has 6 heteroatoms. The Hall–Kier alpha value is -3.54. The van der Waals surface area contributed by atoms with Crippen molar-refractivity contribution in [1.82, 2.24) is 20.1 Å². The largest absolute Gasteiger partial charge is 0.497 e. The Morgan fingerprint density at radius 3 is 2.78 bits per heavy atom. The molecule has 0 aliphatic carbocycles. The Morgan fingerprint density at radius 2 is 2.04 bits per heavy atom. The van der Waals surface area contributed by atoms with Crippen molar-refractivity contribution in [2.45, 2.75) is 6.42 Å². The summed E-state index contributed by atoms with van der Waals surface area (Å²) in [5, 5.41) is 8.15. The van der Waals surface area contributed by atoms with Crippen LogP contribution in [0.15, 0.2) is 67.0 Å². The van der Waals surface area contributed by atoms with Crippen molar-refractivity contribution in [1.29, 1.82) is 0 Å². The van der Waals surface area contributed by atoms with Crippen LogP contribution in [0.5, 0.6) is 5.75 Å². The van der Waals surface area contributed by atoms with Gasteiger partial charge in [0.15, 0.2) is 0 Å². The molecular weight excluding hydrogens is 340 g/mol. The average molecular weight is 360 g/mol. The van der Waals surface area contributed by atoms with Crippen molar-refractivity contribution in [3.05, 3.63) is 78.2 Å². The quantitative estimate of drug-likeness (QED) is 0.554. The van der Waals surface area contributed by atoms with E-state index in [-0.39, 0.29) is 5.91 Å². The number of carbonyl (C=O) groups is 1. The zero-order valence-corrected chi connectivity index (χ0v) is 15.0. The van der Waals surface area contributed by atoms with Crippen LogP contribution in [0.1, 0.15) is 16.1 Å². The molecule has 2 aromatic carbocycles. The second kappa shape index (κ2) is 7.37. The van der Waals surface area contributed by atoms with E-state index in [0.717, 1.165) is 34.3 Å². The number of aromatic nitrogens is 3. The van der Waals surface area contributed by atoms with Crippen LogP contribution in [-0.4, -0.2) is 34.3 Å². The molecule has 2 N–H and O–H groups in total. The van der Waals surface area contributed by atoms with Gasteiger partial charge < -0.3 is 15.0 Å². The van der Waals surface area contributed by atoms with Crippen molar-refractivity contribution in [3.63, 3.8) is 0 Å². The van der Waals surface area contributed by atoms with E-state index in [4.69, 9.17) is 4.74 Å².